The van der Waals surface area contributed by atoms with Crippen LogP contribution in [0.3, 0.4) is 0 Å². The lowest BCUT2D eigenvalue weighted by Gasteiger charge is -2.11. The van der Waals surface area contributed by atoms with Crippen LogP contribution in [0, 0.1) is 0 Å². The number of carbonyl (C=O) groups is 2. The van der Waals surface area contributed by atoms with Gasteiger partial charge in [0.05, 0.1) is 6.10 Å². The van der Waals surface area contributed by atoms with E-state index in [1.165, 1.54) is 0 Å². The Morgan fingerprint density at radius 2 is 2.00 bits per heavy atom. The number of ether oxygens (including phenoxy) is 1. The minimum absolute atomic E-state index is 0.0816. The molecule has 1 fully saturated rings. The van der Waals surface area contributed by atoms with Crippen molar-refractivity contribution in [1.29, 1.82) is 0 Å². The van der Waals surface area contributed by atoms with E-state index < -0.39 is 0 Å². The number of halogens is 1. The molecule has 1 atom stereocenters. The highest BCUT2D eigenvalue weighted by Gasteiger charge is 2.16. The molecule has 1 aliphatic rings. The van der Waals surface area contributed by atoms with Gasteiger partial charge in [-0.05, 0) is 37.1 Å². The van der Waals surface area contributed by atoms with Gasteiger partial charge in [-0.25, -0.2) is 0 Å². The van der Waals surface area contributed by atoms with Crippen LogP contribution in [-0.4, -0.2) is 37.6 Å². The summed E-state index contributed by atoms with van der Waals surface area (Å²) >= 11 is 5.76. The van der Waals surface area contributed by atoms with Crippen molar-refractivity contribution in [2.45, 2.75) is 25.4 Å². The van der Waals surface area contributed by atoms with Crippen molar-refractivity contribution < 1.29 is 14.3 Å². The number of benzene rings is 1. The second-order valence-corrected chi connectivity index (χ2v) is 5.39. The third-order valence-electron chi connectivity index (χ3n) is 3.29. The highest BCUT2D eigenvalue weighted by atomic mass is 35.5. The fourth-order valence-corrected chi connectivity index (χ4v) is 2.24. The predicted molar refractivity (Wildman–Crippen MR) is 80.4 cm³/mol. The summed E-state index contributed by atoms with van der Waals surface area (Å²) < 4.78 is 5.42. The molecule has 1 saturated heterocycles. The van der Waals surface area contributed by atoms with Crippen LogP contribution < -0.4 is 10.6 Å². The number of hydrogen-bond donors (Lipinski definition) is 2. The molecule has 1 aromatic rings. The topological polar surface area (TPSA) is 67.4 Å². The molecule has 114 valence electrons. The Bertz CT molecular complexity index is 484. The van der Waals surface area contributed by atoms with Gasteiger partial charge in [0.25, 0.3) is 5.91 Å². The molecule has 0 unspecified atom stereocenters. The number of rotatable bonds is 6. The summed E-state index contributed by atoms with van der Waals surface area (Å²) in [5, 5.41) is 6.10. The zero-order chi connectivity index (χ0) is 15.1. The minimum atomic E-state index is -0.210. The lowest BCUT2D eigenvalue weighted by Crippen LogP contribution is -2.34. The van der Waals surface area contributed by atoms with Crippen LogP contribution in [0.25, 0.3) is 0 Å². The lowest BCUT2D eigenvalue weighted by atomic mass is 10.2. The number of carbonyl (C=O) groups excluding carboxylic acids is 2. The molecule has 2 N–H and O–H groups in total. The van der Waals surface area contributed by atoms with Gasteiger partial charge in [-0.15, -0.1) is 0 Å². The Kier molecular flexibility index (Phi) is 6.02. The normalized spacial score (nSPS) is 17.5. The van der Waals surface area contributed by atoms with Crippen LogP contribution in [0.5, 0.6) is 0 Å². The van der Waals surface area contributed by atoms with Crippen LogP contribution in [0.15, 0.2) is 24.3 Å². The molecule has 0 bridgehead atoms. The average molecular weight is 311 g/mol. The molecule has 2 amide bonds. The molecule has 0 spiro atoms. The van der Waals surface area contributed by atoms with Crippen LogP contribution in [0.4, 0.5) is 0 Å². The molecule has 0 aromatic heterocycles. The second-order valence-electron chi connectivity index (χ2n) is 4.95. The SMILES string of the molecule is O=C(CCNC(=O)c1ccc(Cl)cc1)NC[C@@H]1CCCO1. The van der Waals surface area contributed by atoms with Gasteiger partial charge in [0.15, 0.2) is 0 Å². The number of nitrogens with one attached hydrogen (secondary N) is 2. The zero-order valence-corrected chi connectivity index (χ0v) is 12.5. The molecule has 1 aromatic carbocycles. The summed E-state index contributed by atoms with van der Waals surface area (Å²) in [5.74, 6) is -0.291. The van der Waals surface area contributed by atoms with Crippen LogP contribution in [0.2, 0.25) is 5.02 Å². The maximum Gasteiger partial charge on any atom is 0.251 e. The van der Waals surface area contributed by atoms with Gasteiger partial charge in [0.2, 0.25) is 5.91 Å². The van der Waals surface area contributed by atoms with Gasteiger partial charge in [0, 0.05) is 36.7 Å². The molecular weight excluding hydrogens is 292 g/mol. The molecule has 2 rings (SSSR count). The van der Waals surface area contributed by atoms with E-state index in [4.69, 9.17) is 16.3 Å². The van der Waals surface area contributed by atoms with E-state index in [0.717, 1.165) is 19.4 Å². The van der Waals surface area contributed by atoms with Crippen molar-refractivity contribution in [3.63, 3.8) is 0 Å². The van der Waals surface area contributed by atoms with Gasteiger partial charge < -0.3 is 15.4 Å². The maximum absolute atomic E-state index is 11.8. The van der Waals surface area contributed by atoms with E-state index in [9.17, 15) is 9.59 Å². The van der Waals surface area contributed by atoms with Gasteiger partial charge in [-0.3, -0.25) is 9.59 Å². The van der Waals surface area contributed by atoms with Gasteiger partial charge in [0.1, 0.15) is 0 Å². The Morgan fingerprint density at radius 1 is 1.24 bits per heavy atom. The molecule has 0 aliphatic carbocycles. The number of hydrogen-bond acceptors (Lipinski definition) is 3. The molecule has 21 heavy (non-hydrogen) atoms. The van der Waals surface area contributed by atoms with E-state index in [0.29, 0.717) is 23.7 Å². The quantitative estimate of drug-likeness (QED) is 0.841. The van der Waals surface area contributed by atoms with E-state index in [1.807, 2.05) is 0 Å². The monoisotopic (exact) mass is 310 g/mol. The van der Waals surface area contributed by atoms with E-state index in [2.05, 4.69) is 10.6 Å². The first-order chi connectivity index (χ1) is 10.1. The Morgan fingerprint density at radius 3 is 2.67 bits per heavy atom. The standard InChI is InChI=1S/C15H19ClN2O3/c16-12-5-3-11(4-6-12)15(20)17-8-7-14(19)18-10-13-2-1-9-21-13/h3-6,13H,1-2,7-10H2,(H,17,20)(H,18,19)/t13-/m0/s1. The van der Waals surface area contributed by atoms with E-state index >= 15 is 0 Å². The Balaban J connectivity index is 1.62. The second kappa shape index (κ2) is 8.00. The smallest absolute Gasteiger partial charge is 0.251 e. The molecule has 0 radical (unpaired) electrons. The summed E-state index contributed by atoms with van der Waals surface area (Å²) in [5.41, 5.74) is 0.527. The van der Waals surface area contributed by atoms with E-state index in [-0.39, 0.29) is 24.3 Å². The fourth-order valence-electron chi connectivity index (χ4n) is 2.11. The van der Waals surface area contributed by atoms with Gasteiger partial charge >= 0.3 is 0 Å². The summed E-state index contributed by atoms with van der Waals surface area (Å²) in [4.78, 5) is 23.4. The average Bonchev–Trinajstić information content (AvgIpc) is 2.99. The highest BCUT2D eigenvalue weighted by molar-refractivity contribution is 6.30. The van der Waals surface area contributed by atoms with Crippen molar-refractivity contribution in [2.75, 3.05) is 19.7 Å². The molecule has 1 heterocycles. The molecule has 1 aliphatic heterocycles. The van der Waals surface area contributed by atoms with Crippen LogP contribution in [-0.2, 0) is 9.53 Å². The first-order valence-electron chi connectivity index (χ1n) is 7.07. The molecule has 0 saturated carbocycles. The summed E-state index contributed by atoms with van der Waals surface area (Å²) in [6.07, 6.45) is 2.44. The minimum Gasteiger partial charge on any atom is -0.376 e. The van der Waals surface area contributed by atoms with E-state index in [1.54, 1.807) is 24.3 Å². The van der Waals surface area contributed by atoms with Crippen molar-refractivity contribution in [1.82, 2.24) is 10.6 Å². The molecule has 6 heteroatoms. The Hall–Kier alpha value is -1.59. The zero-order valence-electron chi connectivity index (χ0n) is 11.7. The third kappa shape index (κ3) is 5.36. The Labute approximate surface area is 129 Å². The maximum atomic E-state index is 11.8. The summed E-state index contributed by atoms with van der Waals surface area (Å²) in [6.45, 7) is 1.63. The van der Waals surface area contributed by atoms with Crippen molar-refractivity contribution in [2.24, 2.45) is 0 Å². The van der Waals surface area contributed by atoms with Gasteiger partial charge in [-0.1, -0.05) is 11.6 Å². The summed E-state index contributed by atoms with van der Waals surface area (Å²) in [7, 11) is 0. The van der Waals surface area contributed by atoms with Crippen molar-refractivity contribution in [3.8, 4) is 0 Å². The van der Waals surface area contributed by atoms with Crippen molar-refractivity contribution >= 4 is 23.4 Å². The molecule has 5 nitrogen and oxygen atoms in total. The van der Waals surface area contributed by atoms with Crippen LogP contribution in [0.1, 0.15) is 29.6 Å². The third-order valence-corrected chi connectivity index (χ3v) is 3.55. The van der Waals surface area contributed by atoms with Crippen molar-refractivity contribution in [3.05, 3.63) is 34.9 Å². The molecular formula is C15H19ClN2O3. The predicted octanol–water partition coefficient (Wildman–Crippen LogP) is 1.76. The van der Waals surface area contributed by atoms with Crippen LogP contribution >= 0.6 is 11.6 Å². The fraction of sp³-hybridized carbons (Fsp3) is 0.467. The first-order valence-corrected chi connectivity index (χ1v) is 7.45. The lowest BCUT2D eigenvalue weighted by molar-refractivity contribution is -0.121. The number of amides is 2. The first kappa shape index (κ1) is 15.8. The summed E-state index contributed by atoms with van der Waals surface area (Å²) in [6, 6.07) is 6.61. The largest absolute Gasteiger partial charge is 0.376 e. The highest BCUT2D eigenvalue weighted by Crippen LogP contribution is 2.10. The van der Waals surface area contributed by atoms with Gasteiger partial charge in [-0.2, -0.15) is 0 Å².